The topological polar surface area (TPSA) is 116 Å². The number of hydrogen-bond donors (Lipinski definition) is 4. The SMILES string of the molecule is CC(=O)NCC(O)C(O)c1ccc(OCC(=O)O)cc1. The summed E-state index contributed by atoms with van der Waals surface area (Å²) in [5.41, 5.74) is 0.436. The minimum Gasteiger partial charge on any atom is -0.482 e. The smallest absolute Gasteiger partial charge is 0.341 e. The Hall–Kier alpha value is -2.12. The zero-order chi connectivity index (χ0) is 15.1. The van der Waals surface area contributed by atoms with Gasteiger partial charge in [-0.15, -0.1) is 0 Å². The maximum atomic E-state index is 10.7. The molecule has 0 aromatic heterocycles. The minimum absolute atomic E-state index is 0.0617. The fourth-order valence-electron chi connectivity index (χ4n) is 1.49. The van der Waals surface area contributed by atoms with Crippen molar-refractivity contribution in [1.29, 1.82) is 0 Å². The lowest BCUT2D eigenvalue weighted by Gasteiger charge is -2.18. The largest absolute Gasteiger partial charge is 0.482 e. The molecule has 0 saturated heterocycles. The second-order valence-corrected chi connectivity index (χ2v) is 4.20. The monoisotopic (exact) mass is 283 g/mol. The van der Waals surface area contributed by atoms with Crippen molar-refractivity contribution in [3.05, 3.63) is 29.8 Å². The Balaban J connectivity index is 2.58. The van der Waals surface area contributed by atoms with Crippen molar-refractivity contribution >= 4 is 11.9 Å². The van der Waals surface area contributed by atoms with Crippen LogP contribution in [0.3, 0.4) is 0 Å². The molecule has 1 aromatic rings. The molecule has 0 bridgehead atoms. The molecular formula is C13H17NO6. The van der Waals surface area contributed by atoms with E-state index in [-0.39, 0.29) is 12.5 Å². The van der Waals surface area contributed by atoms with Gasteiger partial charge in [0.15, 0.2) is 6.61 Å². The molecule has 1 amide bonds. The normalized spacial score (nSPS) is 13.3. The quantitative estimate of drug-likeness (QED) is 0.545. The van der Waals surface area contributed by atoms with E-state index in [1.165, 1.54) is 31.2 Å². The number of carbonyl (C=O) groups is 2. The highest BCUT2D eigenvalue weighted by Gasteiger charge is 2.18. The van der Waals surface area contributed by atoms with Gasteiger partial charge in [0.1, 0.15) is 18.0 Å². The summed E-state index contributed by atoms with van der Waals surface area (Å²) in [7, 11) is 0. The number of rotatable bonds is 7. The molecule has 0 aliphatic rings. The van der Waals surface area contributed by atoms with Crippen molar-refractivity contribution in [3.8, 4) is 5.75 Å². The molecule has 110 valence electrons. The van der Waals surface area contributed by atoms with Crippen LogP contribution >= 0.6 is 0 Å². The van der Waals surface area contributed by atoms with E-state index in [9.17, 15) is 19.8 Å². The second-order valence-electron chi connectivity index (χ2n) is 4.20. The Morgan fingerprint density at radius 2 is 1.85 bits per heavy atom. The van der Waals surface area contributed by atoms with E-state index in [1.54, 1.807) is 0 Å². The molecular weight excluding hydrogens is 266 g/mol. The maximum Gasteiger partial charge on any atom is 0.341 e. The Morgan fingerprint density at radius 3 is 2.35 bits per heavy atom. The minimum atomic E-state index is -1.16. The third-order valence-electron chi connectivity index (χ3n) is 2.51. The summed E-state index contributed by atoms with van der Waals surface area (Å²) in [6.07, 6.45) is -2.29. The number of hydrogen-bond acceptors (Lipinski definition) is 5. The van der Waals surface area contributed by atoms with E-state index in [1.807, 2.05) is 0 Å². The van der Waals surface area contributed by atoms with Crippen LogP contribution < -0.4 is 10.1 Å². The molecule has 1 rings (SSSR count). The number of nitrogens with one attached hydrogen (secondary N) is 1. The Bertz CT molecular complexity index is 458. The van der Waals surface area contributed by atoms with Gasteiger partial charge in [0.05, 0.1) is 0 Å². The lowest BCUT2D eigenvalue weighted by atomic mass is 10.0. The van der Waals surface area contributed by atoms with Gasteiger partial charge in [0.25, 0.3) is 0 Å². The standard InChI is InChI=1S/C13H17NO6/c1-8(15)14-6-11(16)13(19)9-2-4-10(5-3-9)20-7-12(17)18/h2-5,11,13,16,19H,6-7H2,1H3,(H,14,15)(H,17,18). The lowest BCUT2D eigenvalue weighted by molar-refractivity contribution is -0.139. The summed E-state index contributed by atoms with van der Waals surface area (Å²) < 4.78 is 4.94. The molecule has 4 N–H and O–H groups in total. The molecule has 1 aromatic carbocycles. The Labute approximate surface area is 115 Å². The predicted octanol–water partition coefficient (Wildman–Crippen LogP) is -0.320. The number of aliphatic hydroxyl groups is 2. The summed E-state index contributed by atoms with van der Waals surface area (Å²) in [5.74, 6) is -1.03. The van der Waals surface area contributed by atoms with Crippen LogP contribution in [0.15, 0.2) is 24.3 Å². The van der Waals surface area contributed by atoms with Gasteiger partial charge < -0.3 is 25.4 Å². The van der Waals surface area contributed by atoms with Crippen LogP contribution in [-0.2, 0) is 9.59 Å². The number of carboxylic acids is 1. The first-order valence-corrected chi connectivity index (χ1v) is 5.95. The number of carbonyl (C=O) groups excluding carboxylic acids is 1. The summed E-state index contributed by atoms with van der Waals surface area (Å²) in [5, 5.41) is 30.4. The number of benzene rings is 1. The fourth-order valence-corrected chi connectivity index (χ4v) is 1.49. The average molecular weight is 283 g/mol. The fraction of sp³-hybridized carbons (Fsp3) is 0.385. The lowest BCUT2D eigenvalue weighted by Crippen LogP contribution is -2.34. The van der Waals surface area contributed by atoms with E-state index < -0.39 is 24.8 Å². The number of carboxylic acid groups (broad SMARTS) is 1. The summed E-state index contributed by atoms with van der Waals surface area (Å²) in [6.45, 7) is 0.800. The molecule has 0 heterocycles. The average Bonchev–Trinajstić information content (AvgIpc) is 2.42. The van der Waals surface area contributed by atoms with E-state index >= 15 is 0 Å². The highest BCUT2D eigenvalue weighted by molar-refractivity contribution is 5.72. The molecule has 2 atom stereocenters. The van der Waals surface area contributed by atoms with Crippen LogP contribution in [-0.4, -0.2) is 46.5 Å². The number of aliphatic carboxylic acids is 1. The summed E-state index contributed by atoms with van der Waals surface area (Å²) in [6, 6.07) is 6.01. The number of ether oxygens (including phenoxy) is 1. The first kappa shape index (κ1) is 15.9. The summed E-state index contributed by atoms with van der Waals surface area (Å²) >= 11 is 0. The van der Waals surface area contributed by atoms with E-state index in [2.05, 4.69) is 5.32 Å². The molecule has 0 aliphatic heterocycles. The molecule has 0 fully saturated rings. The third kappa shape index (κ3) is 5.25. The van der Waals surface area contributed by atoms with Gasteiger partial charge in [0.2, 0.25) is 5.91 Å². The molecule has 20 heavy (non-hydrogen) atoms. The number of amides is 1. The van der Waals surface area contributed by atoms with Crippen LogP contribution in [0.5, 0.6) is 5.75 Å². The van der Waals surface area contributed by atoms with Crippen LogP contribution in [0.4, 0.5) is 0 Å². The first-order chi connectivity index (χ1) is 9.40. The van der Waals surface area contributed by atoms with Crippen molar-refractivity contribution in [2.75, 3.05) is 13.2 Å². The molecule has 7 heteroatoms. The van der Waals surface area contributed by atoms with Gasteiger partial charge in [-0.05, 0) is 17.7 Å². The molecule has 0 radical (unpaired) electrons. The highest BCUT2D eigenvalue weighted by atomic mass is 16.5. The van der Waals surface area contributed by atoms with Gasteiger partial charge in [0, 0.05) is 13.5 Å². The van der Waals surface area contributed by atoms with Crippen molar-refractivity contribution in [2.45, 2.75) is 19.1 Å². The van der Waals surface area contributed by atoms with Crippen LogP contribution in [0, 0.1) is 0 Å². The van der Waals surface area contributed by atoms with Gasteiger partial charge in [-0.25, -0.2) is 4.79 Å². The van der Waals surface area contributed by atoms with Crippen LogP contribution in [0.1, 0.15) is 18.6 Å². The Morgan fingerprint density at radius 1 is 1.25 bits per heavy atom. The van der Waals surface area contributed by atoms with Crippen LogP contribution in [0.2, 0.25) is 0 Å². The zero-order valence-electron chi connectivity index (χ0n) is 10.9. The number of aliphatic hydroxyl groups excluding tert-OH is 2. The highest BCUT2D eigenvalue weighted by Crippen LogP contribution is 2.20. The molecule has 0 aliphatic carbocycles. The van der Waals surface area contributed by atoms with Crippen LogP contribution in [0.25, 0.3) is 0 Å². The van der Waals surface area contributed by atoms with E-state index in [0.29, 0.717) is 11.3 Å². The van der Waals surface area contributed by atoms with Gasteiger partial charge in [-0.2, -0.15) is 0 Å². The first-order valence-electron chi connectivity index (χ1n) is 5.95. The molecule has 0 spiro atoms. The van der Waals surface area contributed by atoms with Gasteiger partial charge in [-0.1, -0.05) is 12.1 Å². The summed E-state index contributed by atoms with van der Waals surface area (Å²) in [4.78, 5) is 21.0. The molecule has 7 nitrogen and oxygen atoms in total. The third-order valence-corrected chi connectivity index (χ3v) is 2.51. The van der Waals surface area contributed by atoms with Crippen molar-refractivity contribution in [1.82, 2.24) is 5.32 Å². The van der Waals surface area contributed by atoms with E-state index in [4.69, 9.17) is 9.84 Å². The second kappa shape index (κ2) is 7.46. The molecule has 0 saturated carbocycles. The van der Waals surface area contributed by atoms with Gasteiger partial charge >= 0.3 is 5.97 Å². The van der Waals surface area contributed by atoms with Crippen molar-refractivity contribution in [3.63, 3.8) is 0 Å². The maximum absolute atomic E-state index is 10.7. The predicted molar refractivity (Wildman–Crippen MR) is 69.2 cm³/mol. The molecule has 2 unspecified atom stereocenters. The zero-order valence-corrected chi connectivity index (χ0v) is 10.9. The Kier molecular flexibility index (Phi) is 5.95. The van der Waals surface area contributed by atoms with Crippen molar-refractivity contribution in [2.24, 2.45) is 0 Å². The van der Waals surface area contributed by atoms with Gasteiger partial charge in [-0.3, -0.25) is 4.79 Å². The van der Waals surface area contributed by atoms with E-state index in [0.717, 1.165) is 0 Å². The van der Waals surface area contributed by atoms with Crippen molar-refractivity contribution < 1.29 is 29.6 Å².